The fourth-order valence-electron chi connectivity index (χ4n) is 0. The molecule has 0 atom stereocenters. The molecule has 0 aromatic heterocycles. The molecule has 0 radical (unpaired) electrons. The molecule has 0 fully saturated rings. The van der Waals surface area contributed by atoms with E-state index in [1.165, 1.54) is 0 Å². The average Bonchev–Trinajstić information content (AvgIpc) is 2.19. The summed E-state index contributed by atoms with van der Waals surface area (Å²) in [5, 5.41) is 15.4. The van der Waals surface area contributed by atoms with Gasteiger partial charge in [0.15, 0.2) is 0 Å². The number of nitrogens with two attached hydrogens (primary N) is 2. The summed E-state index contributed by atoms with van der Waals surface area (Å²) in [5.41, 5.74) is 9.81. The first-order valence-corrected chi connectivity index (χ1v) is 4.29. The van der Waals surface area contributed by atoms with Crippen molar-refractivity contribution in [2.24, 2.45) is 11.5 Å². The van der Waals surface area contributed by atoms with Crippen molar-refractivity contribution in [1.29, 1.82) is 0 Å². The Labute approximate surface area is 114 Å². The number of aliphatic carboxylic acids is 2. The van der Waals surface area contributed by atoms with Gasteiger partial charge in [-0.3, -0.25) is 9.59 Å². The maximum Gasteiger partial charge on any atom is 1.00 e. The van der Waals surface area contributed by atoms with E-state index in [4.69, 9.17) is 21.7 Å². The summed E-state index contributed by atoms with van der Waals surface area (Å²) >= 11 is 0. The summed E-state index contributed by atoms with van der Waals surface area (Å²) in [4.78, 5) is 18.7. The van der Waals surface area contributed by atoms with Crippen LogP contribution in [0.3, 0.4) is 0 Å². The molecule has 0 heterocycles. The van der Waals surface area contributed by atoms with Crippen molar-refractivity contribution >= 4 is 11.9 Å². The van der Waals surface area contributed by atoms with Crippen LogP contribution in [0.2, 0.25) is 0 Å². The summed E-state index contributed by atoms with van der Waals surface area (Å²) in [6.07, 6.45) is 0.444. The van der Waals surface area contributed by atoms with Crippen molar-refractivity contribution in [3.8, 4) is 0 Å². The van der Waals surface area contributed by atoms with Crippen LogP contribution >= 0.6 is 0 Å². The van der Waals surface area contributed by atoms with Crippen LogP contribution in [0.5, 0.6) is 0 Å². The second kappa shape index (κ2) is 23.6. The van der Waals surface area contributed by atoms with Crippen LogP contribution in [0.4, 0.5) is 0 Å². The molecule has 15 heavy (non-hydrogen) atoms. The van der Waals surface area contributed by atoms with Gasteiger partial charge in [0.25, 0.3) is 0 Å². The topological polar surface area (TPSA) is 127 Å². The number of carbonyl (C=O) groups is 2. The van der Waals surface area contributed by atoms with E-state index in [-0.39, 0.29) is 43.8 Å². The predicted octanol–water partition coefficient (Wildman–Crippen LogP) is -3.02. The third-order valence-corrected chi connectivity index (χ3v) is 0.772. The van der Waals surface area contributed by atoms with Gasteiger partial charge >= 0.3 is 41.5 Å². The molecule has 0 aliphatic carbocycles. The summed E-state index contributed by atoms with van der Waals surface area (Å²) in [7, 11) is 0. The second-order valence-corrected chi connectivity index (χ2v) is 2.07. The molecule has 0 rings (SSSR count). The van der Waals surface area contributed by atoms with Crippen molar-refractivity contribution in [2.45, 2.75) is 26.7 Å². The second-order valence-electron chi connectivity index (χ2n) is 2.07. The van der Waals surface area contributed by atoms with Crippen LogP contribution in [0, 0.1) is 0 Å². The van der Waals surface area contributed by atoms with E-state index in [0.29, 0.717) is 13.1 Å². The van der Waals surface area contributed by atoms with Crippen molar-refractivity contribution in [2.75, 3.05) is 13.1 Å². The Balaban J connectivity index is -0.0000000358. The van der Waals surface area contributed by atoms with Gasteiger partial charge in [-0.15, -0.1) is 0 Å². The Morgan fingerprint density at radius 2 is 1.13 bits per heavy atom. The maximum absolute atomic E-state index is 9.37. The Morgan fingerprint density at radius 3 is 1.13 bits per heavy atom. The average molecular weight is 232 g/mol. The zero-order chi connectivity index (χ0) is 12.0. The zero-order valence-corrected chi connectivity index (χ0v) is 11.7. The Kier molecular flexibility index (Phi) is 38.0. The Hall–Kier alpha value is -0.140. The molecule has 6 N–H and O–H groups in total. The van der Waals surface area contributed by atoms with E-state index < -0.39 is 11.9 Å². The van der Waals surface area contributed by atoms with Crippen LogP contribution in [0.1, 0.15) is 28.1 Å². The number of rotatable bonds is 3. The SMILES string of the molecule is CCC(=O)O.CCC(=O)O.NCCN.[H-].[Na+]. The molecule has 0 amide bonds. The van der Waals surface area contributed by atoms with E-state index in [9.17, 15) is 9.59 Å². The predicted molar refractivity (Wildman–Crippen MR) is 55.1 cm³/mol. The third-order valence-electron chi connectivity index (χ3n) is 0.772. The largest absolute Gasteiger partial charge is 1.00 e. The normalized spacial score (nSPS) is 6.93. The van der Waals surface area contributed by atoms with E-state index in [1.54, 1.807) is 13.8 Å². The van der Waals surface area contributed by atoms with Crippen molar-refractivity contribution in [3.05, 3.63) is 0 Å². The van der Waals surface area contributed by atoms with Crippen LogP contribution < -0.4 is 41.0 Å². The molecule has 0 aliphatic rings. The molecule has 0 bridgehead atoms. The van der Waals surface area contributed by atoms with Crippen LogP contribution in [-0.2, 0) is 9.59 Å². The van der Waals surface area contributed by atoms with Gasteiger partial charge in [0.2, 0.25) is 0 Å². The van der Waals surface area contributed by atoms with Gasteiger partial charge in [0, 0.05) is 25.9 Å². The third kappa shape index (κ3) is 82.5. The smallest absolute Gasteiger partial charge is 1.00 e. The van der Waals surface area contributed by atoms with E-state index in [2.05, 4.69) is 0 Å². The summed E-state index contributed by atoms with van der Waals surface area (Å²) in [6.45, 7) is 4.39. The number of carboxylic acids is 2. The van der Waals surface area contributed by atoms with E-state index in [1.807, 2.05) is 0 Å². The van der Waals surface area contributed by atoms with Gasteiger partial charge < -0.3 is 23.1 Å². The Morgan fingerprint density at radius 1 is 1.00 bits per heavy atom. The van der Waals surface area contributed by atoms with Crippen molar-refractivity contribution < 1.29 is 50.8 Å². The standard InChI is InChI=1S/2C3H6O2.C2H8N2.Na.H/c2*1-2-3(4)5;3-1-2-4;;/h2*2H2,1H3,(H,4,5);1-4H2;;/q;;;+1;-1. The molecule has 0 aromatic rings. The molecule has 0 aromatic carbocycles. The van der Waals surface area contributed by atoms with Crippen LogP contribution in [0.15, 0.2) is 0 Å². The molecule has 0 spiro atoms. The molecule has 0 saturated carbocycles. The molecule has 0 unspecified atom stereocenters. The van der Waals surface area contributed by atoms with E-state index >= 15 is 0 Å². The minimum atomic E-state index is -0.745. The van der Waals surface area contributed by atoms with Gasteiger partial charge in [0.05, 0.1) is 0 Å². The first-order valence-electron chi connectivity index (χ1n) is 4.29. The fraction of sp³-hybridized carbons (Fsp3) is 0.750. The summed E-state index contributed by atoms with van der Waals surface area (Å²) < 4.78 is 0. The van der Waals surface area contributed by atoms with Gasteiger partial charge in [-0.25, -0.2) is 0 Å². The molecule has 0 aliphatic heterocycles. The summed E-state index contributed by atoms with van der Waals surface area (Å²) in [6, 6.07) is 0. The molecule has 0 saturated heterocycles. The molecular weight excluding hydrogens is 211 g/mol. The maximum atomic E-state index is 9.37. The first kappa shape index (κ1) is 24.2. The summed E-state index contributed by atoms with van der Waals surface area (Å²) in [5.74, 6) is -1.49. The van der Waals surface area contributed by atoms with Gasteiger partial charge in [-0.1, -0.05) is 13.8 Å². The number of hydrogen-bond donors (Lipinski definition) is 4. The van der Waals surface area contributed by atoms with Crippen molar-refractivity contribution in [1.82, 2.24) is 0 Å². The van der Waals surface area contributed by atoms with E-state index in [0.717, 1.165) is 0 Å². The van der Waals surface area contributed by atoms with Gasteiger partial charge in [-0.2, -0.15) is 0 Å². The molecule has 6 nitrogen and oxygen atoms in total. The number of carboxylic acid groups (broad SMARTS) is 2. The number of hydrogen-bond acceptors (Lipinski definition) is 4. The molecule has 7 heteroatoms. The minimum Gasteiger partial charge on any atom is -1.00 e. The van der Waals surface area contributed by atoms with Crippen molar-refractivity contribution in [3.63, 3.8) is 0 Å². The Bertz CT molecular complexity index is 134. The van der Waals surface area contributed by atoms with Gasteiger partial charge in [-0.05, 0) is 0 Å². The van der Waals surface area contributed by atoms with Crippen LogP contribution in [0.25, 0.3) is 0 Å². The van der Waals surface area contributed by atoms with Gasteiger partial charge in [0.1, 0.15) is 0 Å². The molecule has 88 valence electrons. The first-order chi connectivity index (χ1) is 6.45. The monoisotopic (exact) mass is 232 g/mol. The minimum absolute atomic E-state index is 0. The fourth-order valence-corrected chi connectivity index (χ4v) is 0. The molecular formula is C8H21N2NaO4. The zero-order valence-electron chi connectivity index (χ0n) is 10.7. The quantitative estimate of drug-likeness (QED) is 0.384. The van der Waals surface area contributed by atoms with Crippen LogP contribution in [-0.4, -0.2) is 35.2 Å².